The first-order chi connectivity index (χ1) is 6.42. The van der Waals surface area contributed by atoms with Crippen LogP contribution in [0.15, 0.2) is 24.5 Å². The van der Waals surface area contributed by atoms with Gasteiger partial charge in [0.2, 0.25) is 0 Å². The first-order valence-corrected chi connectivity index (χ1v) is 4.69. The number of carbonyl (C=O) groups excluding carboxylic acids is 1. The maximum Gasteiger partial charge on any atom is 0.313 e. The normalized spacial score (nSPS) is 23.1. The van der Waals surface area contributed by atoms with Crippen LogP contribution in [-0.4, -0.2) is 22.4 Å². The fourth-order valence-electron chi connectivity index (χ4n) is 1.88. The highest BCUT2D eigenvalue weighted by molar-refractivity contribution is 5.48. The number of likely N-dealkylation sites (tertiary alicyclic amines) is 1. The minimum Gasteiger partial charge on any atom is -0.334 e. The van der Waals surface area contributed by atoms with Crippen LogP contribution < -0.4 is 0 Å². The molecule has 3 heteroatoms. The summed E-state index contributed by atoms with van der Waals surface area (Å²) in [7, 11) is 0. The standard InChI is InChI=1S/C10H13N2O/c13-9-12-8-2-1-5-10(12)11-6-3-4-7-11/h3-4,6-7,10H,1-2,5,8H2. The molecule has 1 aliphatic rings. The van der Waals surface area contributed by atoms with Crippen LogP contribution in [0.2, 0.25) is 0 Å². The zero-order valence-corrected chi connectivity index (χ0v) is 7.52. The maximum atomic E-state index is 10.7. The van der Waals surface area contributed by atoms with Crippen molar-refractivity contribution in [2.75, 3.05) is 6.54 Å². The Morgan fingerprint density at radius 1 is 1.23 bits per heavy atom. The summed E-state index contributed by atoms with van der Waals surface area (Å²) >= 11 is 0. The molecule has 0 N–H and O–H groups in total. The Morgan fingerprint density at radius 3 is 2.69 bits per heavy atom. The molecule has 0 saturated carbocycles. The molecule has 0 spiro atoms. The summed E-state index contributed by atoms with van der Waals surface area (Å²) in [6.45, 7) is 0.840. The van der Waals surface area contributed by atoms with Gasteiger partial charge in [0.15, 0.2) is 0 Å². The molecule has 1 aromatic heterocycles. The molecule has 0 aliphatic carbocycles. The molecule has 2 rings (SSSR count). The van der Waals surface area contributed by atoms with E-state index in [-0.39, 0.29) is 6.17 Å². The van der Waals surface area contributed by atoms with Crippen LogP contribution in [0.25, 0.3) is 0 Å². The first kappa shape index (κ1) is 8.35. The number of amides is 1. The summed E-state index contributed by atoms with van der Waals surface area (Å²) in [5.74, 6) is 0. The number of rotatable bonds is 2. The highest BCUT2D eigenvalue weighted by Crippen LogP contribution is 2.24. The SMILES string of the molecule is O=[C]N1CCCCC1n1cccc1. The van der Waals surface area contributed by atoms with Crippen molar-refractivity contribution in [3.05, 3.63) is 24.5 Å². The molecular weight excluding hydrogens is 164 g/mol. The quantitative estimate of drug-likeness (QED) is 0.672. The van der Waals surface area contributed by atoms with Crippen molar-refractivity contribution in [3.8, 4) is 0 Å². The molecule has 1 unspecified atom stereocenters. The largest absolute Gasteiger partial charge is 0.334 e. The van der Waals surface area contributed by atoms with Gasteiger partial charge in [-0.15, -0.1) is 0 Å². The van der Waals surface area contributed by atoms with Gasteiger partial charge in [-0.05, 0) is 31.4 Å². The van der Waals surface area contributed by atoms with E-state index >= 15 is 0 Å². The van der Waals surface area contributed by atoms with E-state index in [1.807, 2.05) is 30.9 Å². The van der Waals surface area contributed by atoms with Crippen molar-refractivity contribution < 1.29 is 4.79 Å². The smallest absolute Gasteiger partial charge is 0.313 e. The van der Waals surface area contributed by atoms with Crippen molar-refractivity contribution in [1.29, 1.82) is 0 Å². The molecule has 3 nitrogen and oxygen atoms in total. The lowest BCUT2D eigenvalue weighted by Gasteiger charge is -2.32. The Labute approximate surface area is 78.0 Å². The molecule has 1 fully saturated rings. The van der Waals surface area contributed by atoms with Gasteiger partial charge in [-0.3, -0.25) is 4.79 Å². The number of piperidine rings is 1. The second-order valence-electron chi connectivity index (χ2n) is 3.39. The van der Waals surface area contributed by atoms with Crippen LogP contribution in [-0.2, 0) is 4.79 Å². The van der Waals surface area contributed by atoms with Gasteiger partial charge < -0.3 is 9.47 Å². The second-order valence-corrected chi connectivity index (χ2v) is 3.39. The van der Waals surface area contributed by atoms with Crippen molar-refractivity contribution in [3.63, 3.8) is 0 Å². The van der Waals surface area contributed by atoms with Crippen molar-refractivity contribution in [1.82, 2.24) is 9.47 Å². The van der Waals surface area contributed by atoms with Gasteiger partial charge in [-0.25, -0.2) is 0 Å². The number of hydrogen-bond acceptors (Lipinski definition) is 1. The zero-order valence-electron chi connectivity index (χ0n) is 7.52. The van der Waals surface area contributed by atoms with Gasteiger partial charge in [-0.1, -0.05) is 0 Å². The molecular formula is C10H13N2O. The van der Waals surface area contributed by atoms with Gasteiger partial charge in [0.1, 0.15) is 6.17 Å². The molecule has 69 valence electrons. The summed E-state index contributed by atoms with van der Waals surface area (Å²) in [6, 6.07) is 3.97. The Morgan fingerprint density at radius 2 is 2.00 bits per heavy atom. The molecule has 1 atom stereocenters. The van der Waals surface area contributed by atoms with Crippen LogP contribution in [0.3, 0.4) is 0 Å². The molecule has 1 aromatic rings. The van der Waals surface area contributed by atoms with Crippen molar-refractivity contribution in [2.45, 2.75) is 25.4 Å². The Kier molecular flexibility index (Phi) is 2.34. The van der Waals surface area contributed by atoms with Crippen LogP contribution in [0.4, 0.5) is 0 Å². The molecule has 1 aliphatic heterocycles. The van der Waals surface area contributed by atoms with E-state index in [2.05, 4.69) is 4.57 Å². The summed E-state index contributed by atoms with van der Waals surface area (Å²) in [4.78, 5) is 12.4. The van der Waals surface area contributed by atoms with E-state index in [4.69, 9.17) is 0 Å². The predicted molar refractivity (Wildman–Crippen MR) is 49.7 cm³/mol. The second kappa shape index (κ2) is 3.64. The fraction of sp³-hybridized carbons (Fsp3) is 0.500. The van der Waals surface area contributed by atoms with E-state index in [1.165, 1.54) is 6.42 Å². The van der Waals surface area contributed by atoms with Gasteiger partial charge in [0.05, 0.1) is 0 Å². The topological polar surface area (TPSA) is 25.2 Å². The third-order valence-corrected chi connectivity index (χ3v) is 2.56. The lowest BCUT2D eigenvalue weighted by Crippen LogP contribution is -2.35. The molecule has 13 heavy (non-hydrogen) atoms. The monoisotopic (exact) mass is 177 g/mol. The summed E-state index contributed by atoms with van der Waals surface area (Å²) in [5.41, 5.74) is 0. The van der Waals surface area contributed by atoms with Gasteiger partial charge in [-0.2, -0.15) is 0 Å². The van der Waals surface area contributed by atoms with Crippen LogP contribution in [0.1, 0.15) is 25.4 Å². The van der Waals surface area contributed by atoms with E-state index < -0.39 is 0 Å². The van der Waals surface area contributed by atoms with Crippen molar-refractivity contribution >= 4 is 6.41 Å². The van der Waals surface area contributed by atoms with E-state index in [9.17, 15) is 4.79 Å². The molecule has 1 amide bonds. The summed E-state index contributed by atoms with van der Waals surface area (Å²) < 4.78 is 2.07. The highest BCUT2D eigenvalue weighted by atomic mass is 16.1. The van der Waals surface area contributed by atoms with Gasteiger partial charge in [0.25, 0.3) is 0 Å². The predicted octanol–water partition coefficient (Wildman–Crippen LogP) is 1.54. The highest BCUT2D eigenvalue weighted by Gasteiger charge is 2.21. The Balaban J connectivity index is 2.15. The third kappa shape index (κ3) is 1.59. The average molecular weight is 177 g/mol. The van der Waals surface area contributed by atoms with E-state index in [1.54, 1.807) is 4.90 Å². The lowest BCUT2D eigenvalue weighted by molar-refractivity contribution is 0.170. The maximum absolute atomic E-state index is 10.7. The number of aromatic nitrogens is 1. The molecule has 0 bridgehead atoms. The fourth-order valence-corrected chi connectivity index (χ4v) is 1.88. The molecule has 0 aromatic carbocycles. The Hall–Kier alpha value is -1.25. The molecule has 1 saturated heterocycles. The van der Waals surface area contributed by atoms with Crippen LogP contribution in [0, 0.1) is 0 Å². The Bertz CT molecular complexity index is 268. The first-order valence-electron chi connectivity index (χ1n) is 4.69. The summed E-state index contributed by atoms with van der Waals surface area (Å²) in [6.07, 6.45) is 9.55. The van der Waals surface area contributed by atoms with E-state index in [0.717, 1.165) is 19.4 Å². The van der Waals surface area contributed by atoms with Crippen LogP contribution in [0.5, 0.6) is 0 Å². The summed E-state index contributed by atoms with van der Waals surface area (Å²) in [5, 5.41) is 0. The average Bonchev–Trinajstić information content (AvgIpc) is 2.70. The number of nitrogens with zero attached hydrogens (tertiary/aromatic N) is 2. The molecule has 1 radical (unpaired) electrons. The molecule has 2 heterocycles. The van der Waals surface area contributed by atoms with Gasteiger partial charge in [0, 0.05) is 18.9 Å². The lowest BCUT2D eigenvalue weighted by atomic mass is 10.1. The van der Waals surface area contributed by atoms with Crippen LogP contribution >= 0.6 is 0 Å². The number of hydrogen-bond donors (Lipinski definition) is 0. The minimum atomic E-state index is 0.196. The third-order valence-electron chi connectivity index (χ3n) is 2.56. The zero-order chi connectivity index (χ0) is 9.10. The minimum absolute atomic E-state index is 0.196. The van der Waals surface area contributed by atoms with Gasteiger partial charge >= 0.3 is 6.41 Å². The van der Waals surface area contributed by atoms with Crippen molar-refractivity contribution in [2.24, 2.45) is 0 Å². The van der Waals surface area contributed by atoms with E-state index in [0.29, 0.717) is 0 Å².